The van der Waals surface area contributed by atoms with Crippen LogP contribution in [-0.2, 0) is 0 Å². The highest BCUT2D eigenvalue weighted by atomic mass is 32.1. The minimum absolute atomic E-state index is 0.578. The molecule has 0 aliphatic rings. The number of rotatable bonds is 2. The van der Waals surface area contributed by atoms with Gasteiger partial charge in [0.15, 0.2) is 5.58 Å². The molecule has 214 valence electrons. The van der Waals surface area contributed by atoms with E-state index in [0.717, 1.165) is 33.2 Å². The summed E-state index contributed by atoms with van der Waals surface area (Å²) in [6.07, 6.45) is 0. The Morgan fingerprint density at radius 1 is 0.478 bits per heavy atom. The summed E-state index contributed by atoms with van der Waals surface area (Å²) < 4.78 is 13.8. The van der Waals surface area contributed by atoms with Crippen molar-refractivity contribution in [3.63, 3.8) is 0 Å². The molecule has 4 heterocycles. The van der Waals surface area contributed by atoms with Crippen molar-refractivity contribution in [2.45, 2.75) is 0 Å². The lowest BCUT2D eigenvalue weighted by Crippen LogP contribution is -1.97. The van der Waals surface area contributed by atoms with Gasteiger partial charge in [0, 0.05) is 47.4 Å². The normalized spacial score (nSPS) is 12.3. The molecule has 46 heavy (non-hydrogen) atoms. The fraction of sp³-hybridized carbons (Fsp3) is 0. The van der Waals surface area contributed by atoms with Gasteiger partial charge in [-0.25, -0.2) is 0 Å². The lowest BCUT2D eigenvalue weighted by molar-refractivity contribution is 0.577. The molecule has 0 amide bonds. The summed E-state index contributed by atoms with van der Waals surface area (Å²) >= 11 is 1.79. The molecular formula is C41H23N3OS. The number of hydrogen-bond donors (Lipinski definition) is 0. The third kappa shape index (κ3) is 3.19. The third-order valence-electron chi connectivity index (χ3n) is 9.53. The summed E-state index contributed by atoms with van der Waals surface area (Å²) in [5.41, 5.74) is 7.30. The Hall–Kier alpha value is -5.91. The topological polar surface area (TPSA) is 35.9 Å². The van der Waals surface area contributed by atoms with Crippen molar-refractivity contribution >= 4 is 97.0 Å². The molecule has 0 unspecified atom stereocenters. The molecule has 4 nitrogen and oxygen atoms in total. The van der Waals surface area contributed by atoms with E-state index in [4.69, 9.17) is 9.40 Å². The number of hydrogen-bond acceptors (Lipinski definition) is 3. The van der Waals surface area contributed by atoms with Crippen molar-refractivity contribution in [2.75, 3.05) is 0 Å². The van der Waals surface area contributed by atoms with Crippen LogP contribution in [0.15, 0.2) is 144 Å². The van der Waals surface area contributed by atoms with Gasteiger partial charge in [-0.05, 0) is 65.4 Å². The van der Waals surface area contributed by atoms with Crippen LogP contribution in [0.25, 0.3) is 97.4 Å². The highest BCUT2D eigenvalue weighted by molar-refractivity contribution is 7.26. The van der Waals surface area contributed by atoms with Gasteiger partial charge in [0.1, 0.15) is 5.52 Å². The fourth-order valence-corrected chi connectivity index (χ4v) is 8.62. The summed E-state index contributed by atoms with van der Waals surface area (Å²) in [4.78, 5) is 5.11. The predicted molar refractivity (Wildman–Crippen MR) is 193 cm³/mol. The van der Waals surface area contributed by atoms with E-state index < -0.39 is 0 Å². The Balaban J connectivity index is 1.23. The predicted octanol–water partition coefficient (Wildman–Crippen LogP) is 11.5. The van der Waals surface area contributed by atoms with Crippen molar-refractivity contribution < 1.29 is 4.42 Å². The van der Waals surface area contributed by atoms with Gasteiger partial charge in [0.25, 0.3) is 0 Å². The van der Waals surface area contributed by atoms with Gasteiger partial charge < -0.3 is 8.98 Å². The van der Waals surface area contributed by atoms with Crippen molar-refractivity contribution in [3.05, 3.63) is 140 Å². The Morgan fingerprint density at radius 2 is 1.13 bits per heavy atom. The fourth-order valence-electron chi connectivity index (χ4n) is 7.52. The number of para-hydroxylation sites is 2. The first-order valence-corrected chi connectivity index (χ1v) is 16.3. The minimum Gasteiger partial charge on any atom is -0.422 e. The number of fused-ring (bicyclic) bond motifs is 12. The van der Waals surface area contributed by atoms with Gasteiger partial charge in [-0.15, -0.1) is 11.3 Å². The molecule has 0 radical (unpaired) electrons. The second-order valence-electron chi connectivity index (χ2n) is 12.0. The van der Waals surface area contributed by atoms with Crippen LogP contribution in [0.5, 0.6) is 0 Å². The van der Waals surface area contributed by atoms with Crippen molar-refractivity contribution in [1.29, 1.82) is 0 Å². The number of thiophene rings is 1. The van der Waals surface area contributed by atoms with E-state index >= 15 is 0 Å². The van der Waals surface area contributed by atoms with E-state index in [1.807, 2.05) is 0 Å². The van der Waals surface area contributed by atoms with Crippen LogP contribution in [0.4, 0.5) is 0 Å². The van der Waals surface area contributed by atoms with Gasteiger partial charge >= 0.3 is 6.01 Å². The van der Waals surface area contributed by atoms with E-state index in [9.17, 15) is 0 Å². The Bertz CT molecular complexity index is 3040. The van der Waals surface area contributed by atoms with Crippen LogP contribution in [0.2, 0.25) is 0 Å². The maximum Gasteiger partial charge on any atom is 0.307 e. The average molecular weight is 606 g/mol. The molecule has 11 rings (SSSR count). The first-order chi connectivity index (χ1) is 22.8. The molecule has 4 aromatic heterocycles. The SMILES string of the molecule is c1ccc2cc3c(cc2c1)c1ccccc1n3-c1ccc2c3ccccc3n(-c3nc4ccc5sc6ccccc6c5c4o3)c2c1. The lowest BCUT2D eigenvalue weighted by atomic mass is 10.1. The first kappa shape index (κ1) is 24.4. The Kier molecular flexibility index (Phi) is 4.69. The van der Waals surface area contributed by atoms with Crippen molar-refractivity contribution in [1.82, 2.24) is 14.1 Å². The molecule has 5 heteroatoms. The van der Waals surface area contributed by atoms with Crippen LogP contribution >= 0.6 is 11.3 Å². The van der Waals surface area contributed by atoms with Crippen molar-refractivity contribution in [3.8, 4) is 11.7 Å². The zero-order valence-electron chi connectivity index (χ0n) is 24.4. The molecule has 0 aliphatic heterocycles. The summed E-state index contributed by atoms with van der Waals surface area (Å²) in [7, 11) is 0. The second-order valence-corrected chi connectivity index (χ2v) is 13.1. The minimum atomic E-state index is 0.578. The molecular weight excluding hydrogens is 583 g/mol. The third-order valence-corrected chi connectivity index (χ3v) is 10.7. The number of aromatic nitrogens is 3. The summed E-state index contributed by atoms with van der Waals surface area (Å²) in [6.45, 7) is 0. The number of benzene rings is 7. The molecule has 11 aromatic rings. The highest BCUT2D eigenvalue weighted by Crippen LogP contribution is 2.41. The molecule has 0 aliphatic carbocycles. The molecule has 0 saturated carbocycles. The van der Waals surface area contributed by atoms with E-state index in [1.165, 1.54) is 58.1 Å². The highest BCUT2D eigenvalue weighted by Gasteiger charge is 2.21. The zero-order chi connectivity index (χ0) is 29.9. The lowest BCUT2D eigenvalue weighted by Gasteiger charge is -2.10. The van der Waals surface area contributed by atoms with Crippen LogP contribution in [0, 0.1) is 0 Å². The van der Waals surface area contributed by atoms with Gasteiger partial charge in [-0.2, -0.15) is 4.98 Å². The van der Waals surface area contributed by atoms with Gasteiger partial charge in [0.2, 0.25) is 0 Å². The Morgan fingerprint density at radius 3 is 1.98 bits per heavy atom. The maximum absolute atomic E-state index is 6.78. The molecule has 0 bridgehead atoms. The standard InChI is InChI=1S/C41H23N3OS/c1-2-10-25-22-35-31(21-24(25)9-1)28-12-4-6-14-33(28)43(35)26-17-18-29-27-11-3-7-15-34(27)44(36(29)23-26)41-42-32-19-20-38-39(40(32)45-41)30-13-5-8-16-37(30)46-38/h1-23H. The molecule has 7 aromatic carbocycles. The molecule has 0 spiro atoms. The monoisotopic (exact) mass is 605 g/mol. The largest absolute Gasteiger partial charge is 0.422 e. The average Bonchev–Trinajstić information content (AvgIpc) is 3.85. The van der Waals surface area contributed by atoms with E-state index in [2.05, 4.69) is 149 Å². The number of oxazole rings is 1. The van der Waals surface area contributed by atoms with Crippen LogP contribution in [0.3, 0.4) is 0 Å². The number of nitrogens with zero attached hydrogens (tertiary/aromatic N) is 3. The van der Waals surface area contributed by atoms with Gasteiger partial charge in [0.05, 0.1) is 22.1 Å². The molecule has 0 atom stereocenters. The van der Waals surface area contributed by atoms with Crippen molar-refractivity contribution in [2.24, 2.45) is 0 Å². The maximum atomic E-state index is 6.78. The second kappa shape index (κ2) is 8.84. The van der Waals surface area contributed by atoms with Gasteiger partial charge in [-0.3, -0.25) is 4.57 Å². The summed E-state index contributed by atoms with van der Waals surface area (Å²) in [6, 6.07) is 50.6. The molecule has 0 saturated heterocycles. The Labute approximate surface area is 265 Å². The van der Waals surface area contributed by atoms with Crippen LogP contribution in [-0.4, -0.2) is 14.1 Å². The van der Waals surface area contributed by atoms with E-state index in [-0.39, 0.29) is 0 Å². The zero-order valence-corrected chi connectivity index (χ0v) is 25.3. The first-order valence-electron chi connectivity index (χ1n) is 15.5. The van der Waals surface area contributed by atoms with Gasteiger partial charge in [-0.1, -0.05) is 84.9 Å². The van der Waals surface area contributed by atoms with E-state index in [1.54, 1.807) is 11.3 Å². The van der Waals surface area contributed by atoms with Crippen LogP contribution in [0.1, 0.15) is 0 Å². The smallest absolute Gasteiger partial charge is 0.307 e. The molecule has 0 N–H and O–H groups in total. The summed E-state index contributed by atoms with van der Waals surface area (Å²) in [5, 5.41) is 9.65. The van der Waals surface area contributed by atoms with Crippen LogP contribution < -0.4 is 0 Å². The quantitative estimate of drug-likeness (QED) is 0.196. The summed E-state index contributed by atoms with van der Waals surface area (Å²) in [5.74, 6) is 0. The molecule has 0 fully saturated rings. The van der Waals surface area contributed by atoms with E-state index in [0.29, 0.717) is 6.01 Å².